The molecule has 2 atom stereocenters. The minimum absolute atomic E-state index is 0.181. The second-order valence-corrected chi connectivity index (χ2v) is 8.71. The number of nitrogens with zero attached hydrogens (tertiary/aromatic N) is 3. The summed E-state index contributed by atoms with van der Waals surface area (Å²) in [7, 11) is 2.15. The van der Waals surface area contributed by atoms with Gasteiger partial charge in [-0.05, 0) is 44.5 Å². The summed E-state index contributed by atoms with van der Waals surface area (Å²) in [6.45, 7) is 3.51. The molecule has 31 heavy (non-hydrogen) atoms. The van der Waals surface area contributed by atoms with Crippen LogP contribution >= 0.6 is 11.6 Å². The zero-order chi connectivity index (χ0) is 21.8. The van der Waals surface area contributed by atoms with E-state index in [0.717, 1.165) is 46.9 Å². The molecular weight excluding hydrogens is 408 g/mol. The zero-order valence-electron chi connectivity index (χ0n) is 18.1. The Labute approximate surface area is 189 Å². The molecule has 162 valence electrons. The molecule has 0 unspecified atom stereocenters. The van der Waals surface area contributed by atoms with Crippen LogP contribution in [0.1, 0.15) is 43.5 Å². The Morgan fingerprint density at radius 3 is 2.68 bits per heavy atom. The molecular formula is C25H29ClN4O. The molecule has 0 saturated carbocycles. The molecule has 1 aliphatic rings. The van der Waals surface area contributed by atoms with Crippen molar-refractivity contribution >= 4 is 17.5 Å². The minimum Gasteiger partial charge on any atom is -0.338 e. The van der Waals surface area contributed by atoms with Crippen LogP contribution in [0.5, 0.6) is 0 Å². The van der Waals surface area contributed by atoms with E-state index in [9.17, 15) is 4.79 Å². The normalized spacial score (nSPS) is 18.3. The van der Waals surface area contributed by atoms with Crippen molar-refractivity contribution in [2.45, 2.75) is 44.8 Å². The first-order valence-corrected chi connectivity index (χ1v) is 11.2. The third kappa shape index (κ3) is 5.00. The van der Waals surface area contributed by atoms with Crippen LogP contribution < -0.4 is 0 Å². The quantitative estimate of drug-likeness (QED) is 0.570. The molecule has 1 aromatic heterocycles. The van der Waals surface area contributed by atoms with Crippen molar-refractivity contribution in [3.05, 3.63) is 76.9 Å². The van der Waals surface area contributed by atoms with Crippen molar-refractivity contribution < 1.29 is 4.79 Å². The van der Waals surface area contributed by atoms with Gasteiger partial charge in [0.25, 0.3) is 0 Å². The zero-order valence-corrected chi connectivity index (χ0v) is 18.8. The largest absolute Gasteiger partial charge is 0.338 e. The maximum absolute atomic E-state index is 12.7. The van der Waals surface area contributed by atoms with E-state index in [2.05, 4.69) is 47.3 Å². The van der Waals surface area contributed by atoms with E-state index >= 15 is 0 Å². The van der Waals surface area contributed by atoms with Crippen LogP contribution in [0, 0.1) is 0 Å². The summed E-state index contributed by atoms with van der Waals surface area (Å²) in [5.41, 5.74) is 4.15. The Hall–Kier alpha value is -2.63. The van der Waals surface area contributed by atoms with Gasteiger partial charge in [0, 0.05) is 42.2 Å². The molecule has 3 aromatic rings. The number of aromatic nitrogens is 2. The summed E-state index contributed by atoms with van der Waals surface area (Å²) >= 11 is 6.31. The summed E-state index contributed by atoms with van der Waals surface area (Å²) in [5, 5.41) is 8.44. The predicted molar refractivity (Wildman–Crippen MR) is 125 cm³/mol. The number of carbonyl (C=O) groups is 1. The number of rotatable bonds is 6. The van der Waals surface area contributed by atoms with E-state index in [1.165, 1.54) is 0 Å². The number of aromatic amines is 1. The average molecular weight is 437 g/mol. The van der Waals surface area contributed by atoms with E-state index in [0.29, 0.717) is 19.0 Å². The van der Waals surface area contributed by atoms with Crippen LogP contribution in [-0.4, -0.2) is 45.5 Å². The molecule has 2 heterocycles. The number of benzene rings is 2. The second kappa shape index (κ2) is 9.67. The molecule has 6 heteroatoms. The summed E-state index contributed by atoms with van der Waals surface area (Å²) < 4.78 is 0. The fraction of sp³-hybridized carbons (Fsp3) is 0.360. The van der Waals surface area contributed by atoms with Crippen LogP contribution in [0.2, 0.25) is 5.02 Å². The summed E-state index contributed by atoms with van der Waals surface area (Å²) in [5.74, 6) is 0.205. The minimum atomic E-state index is 0.181. The molecule has 0 spiro atoms. The van der Waals surface area contributed by atoms with Crippen LogP contribution in [-0.2, 0) is 11.3 Å². The van der Waals surface area contributed by atoms with Crippen LogP contribution in [0.25, 0.3) is 11.3 Å². The lowest BCUT2D eigenvalue weighted by molar-refractivity contribution is -0.131. The first-order valence-electron chi connectivity index (χ1n) is 10.9. The topological polar surface area (TPSA) is 52.2 Å². The Bertz CT molecular complexity index is 1020. The van der Waals surface area contributed by atoms with Gasteiger partial charge in [-0.1, -0.05) is 60.1 Å². The Morgan fingerprint density at radius 1 is 1.16 bits per heavy atom. The molecule has 5 nitrogen and oxygen atoms in total. The molecule has 1 aliphatic heterocycles. The van der Waals surface area contributed by atoms with E-state index in [4.69, 9.17) is 11.6 Å². The van der Waals surface area contributed by atoms with Gasteiger partial charge < -0.3 is 4.90 Å². The van der Waals surface area contributed by atoms with Gasteiger partial charge in [0.05, 0.1) is 11.4 Å². The lowest BCUT2D eigenvalue weighted by Crippen LogP contribution is -2.35. The van der Waals surface area contributed by atoms with E-state index < -0.39 is 0 Å². The Balaban J connectivity index is 1.41. The van der Waals surface area contributed by atoms with E-state index in [1.807, 2.05) is 47.4 Å². The van der Waals surface area contributed by atoms with E-state index in [-0.39, 0.29) is 11.9 Å². The lowest BCUT2D eigenvalue weighted by Gasteiger charge is -2.32. The highest BCUT2D eigenvalue weighted by Gasteiger charge is 2.28. The lowest BCUT2D eigenvalue weighted by atomic mass is 10.0. The van der Waals surface area contributed by atoms with Gasteiger partial charge in [0.15, 0.2) is 0 Å². The third-order valence-electron chi connectivity index (χ3n) is 6.40. The van der Waals surface area contributed by atoms with Gasteiger partial charge in [-0.25, -0.2) is 0 Å². The first kappa shape index (κ1) is 21.6. The number of nitrogens with one attached hydrogen (secondary N) is 1. The fourth-order valence-electron chi connectivity index (χ4n) is 4.27. The Morgan fingerprint density at radius 2 is 1.90 bits per heavy atom. The highest BCUT2D eigenvalue weighted by Crippen LogP contribution is 2.28. The number of amides is 1. The van der Waals surface area contributed by atoms with Gasteiger partial charge in [0.2, 0.25) is 5.91 Å². The highest BCUT2D eigenvalue weighted by atomic mass is 35.5. The first-order chi connectivity index (χ1) is 15.0. The predicted octanol–water partition coefficient (Wildman–Crippen LogP) is 5.30. The molecule has 1 N–H and O–H groups in total. The summed E-state index contributed by atoms with van der Waals surface area (Å²) in [4.78, 5) is 17.1. The van der Waals surface area contributed by atoms with Gasteiger partial charge in [-0.3, -0.25) is 14.8 Å². The second-order valence-electron chi connectivity index (χ2n) is 8.30. The van der Waals surface area contributed by atoms with Crippen molar-refractivity contribution in [3.63, 3.8) is 0 Å². The van der Waals surface area contributed by atoms with Crippen LogP contribution in [0.15, 0.2) is 60.7 Å². The maximum atomic E-state index is 12.7. The molecule has 1 saturated heterocycles. The number of hydrogen-bond donors (Lipinski definition) is 1. The van der Waals surface area contributed by atoms with E-state index in [1.54, 1.807) is 0 Å². The third-order valence-corrected chi connectivity index (χ3v) is 6.77. The SMILES string of the molecule is C[C@@H](c1cc(-c2ccccc2)n[nH]1)N(C)[C@@H]1CCC(=O)N(Cc2ccccc2Cl)CC1. The molecule has 0 aliphatic carbocycles. The number of carbonyl (C=O) groups excluding carboxylic acids is 1. The number of likely N-dealkylation sites (tertiary alicyclic amines) is 1. The van der Waals surface area contributed by atoms with Gasteiger partial charge >= 0.3 is 0 Å². The van der Waals surface area contributed by atoms with Crippen molar-refractivity contribution in [3.8, 4) is 11.3 Å². The number of halogens is 1. The van der Waals surface area contributed by atoms with Crippen LogP contribution in [0.4, 0.5) is 0 Å². The summed E-state index contributed by atoms with van der Waals surface area (Å²) in [6, 6.07) is 20.6. The molecule has 0 bridgehead atoms. The van der Waals surface area contributed by atoms with Gasteiger partial charge in [-0.15, -0.1) is 0 Å². The fourth-order valence-corrected chi connectivity index (χ4v) is 4.47. The maximum Gasteiger partial charge on any atom is 0.222 e. The Kier molecular flexibility index (Phi) is 6.73. The molecule has 2 aromatic carbocycles. The summed E-state index contributed by atoms with van der Waals surface area (Å²) in [6.07, 6.45) is 2.36. The number of H-pyrrole nitrogens is 1. The van der Waals surface area contributed by atoms with Gasteiger partial charge in [-0.2, -0.15) is 5.10 Å². The average Bonchev–Trinajstić information content (AvgIpc) is 3.22. The molecule has 4 rings (SSSR count). The van der Waals surface area contributed by atoms with Gasteiger partial charge in [0.1, 0.15) is 0 Å². The molecule has 0 radical (unpaired) electrons. The smallest absolute Gasteiger partial charge is 0.222 e. The molecule has 1 fully saturated rings. The molecule has 1 amide bonds. The standard InChI is InChI=1S/C25H29ClN4O/c1-18(23-16-24(28-27-23)19-8-4-3-5-9-19)29(2)21-12-13-25(31)30(15-14-21)17-20-10-6-7-11-22(20)26/h3-11,16,18,21H,12-15,17H2,1-2H3,(H,27,28)/t18-,21+/m0/s1. The van der Waals surface area contributed by atoms with Crippen LogP contribution in [0.3, 0.4) is 0 Å². The highest BCUT2D eigenvalue weighted by molar-refractivity contribution is 6.31. The monoisotopic (exact) mass is 436 g/mol. The van der Waals surface area contributed by atoms with Crippen molar-refractivity contribution in [1.29, 1.82) is 0 Å². The van der Waals surface area contributed by atoms with Crippen molar-refractivity contribution in [2.24, 2.45) is 0 Å². The number of hydrogen-bond acceptors (Lipinski definition) is 3. The van der Waals surface area contributed by atoms with Crippen molar-refractivity contribution in [1.82, 2.24) is 20.0 Å². The van der Waals surface area contributed by atoms with Crippen molar-refractivity contribution in [2.75, 3.05) is 13.6 Å².